The number of hydrogen-bond donors (Lipinski definition) is 1. The summed E-state index contributed by atoms with van der Waals surface area (Å²) in [6, 6.07) is 6.48. The van der Waals surface area contributed by atoms with Gasteiger partial charge in [-0.15, -0.1) is 12.4 Å². The minimum atomic E-state index is -3.51. The number of hydrogen-bond acceptors (Lipinski definition) is 4. The second-order valence-corrected chi connectivity index (χ2v) is 9.26. The van der Waals surface area contributed by atoms with E-state index in [0.717, 1.165) is 38.5 Å². The van der Waals surface area contributed by atoms with Gasteiger partial charge in [-0.1, -0.05) is 6.42 Å². The fourth-order valence-corrected chi connectivity index (χ4v) is 5.71. The molecule has 1 amide bonds. The molecule has 2 fully saturated rings. The summed E-state index contributed by atoms with van der Waals surface area (Å²) in [6.45, 7) is 3.70. The molecule has 27 heavy (non-hydrogen) atoms. The molecule has 2 heterocycles. The SMILES string of the molecule is CC1CCCCN1S(=O)(=O)c1ccc(C(=O)N2CCCCC2CN)cc1.Cl. The van der Waals surface area contributed by atoms with Gasteiger partial charge in [0.2, 0.25) is 10.0 Å². The highest BCUT2D eigenvalue weighted by atomic mass is 35.5. The molecule has 2 N–H and O–H groups in total. The standard InChI is InChI=1S/C19H29N3O3S.ClH/c1-15-6-2-5-13-22(15)26(24,25)18-10-8-16(9-11-18)19(23)21-12-4-3-7-17(21)14-20;/h8-11,15,17H,2-7,12-14,20H2,1H3;1H. The summed E-state index contributed by atoms with van der Waals surface area (Å²) in [5.41, 5.74) is 6.33. The lowest BCUT2D eigenvalue weighted by Gasteiger charge is -2.35. The van der Waals surface area contributed by atoms with Crippen LogP contribution in [0.2, 0.25) is 0 Å². The van der Waals surface area contributed by atoms with Crippen molar-refractivity contribution in [3.05, 3.63) is 29.8 Å². The van der Waals surface area contributed by atoms with Crippen LogP contribution in [0.3, 0.4) is 0 Å². The molecule has 2 aliphatic heterocycles. The van der Waals surface area contributed by atoms with E-state index >= 15 is 0 Å². The lowest BCUT2D eigenvalue weighted by atomic mass is 10.0. The Morgan fingerprint density at radius 3 is 2.33 bits per heavy atom. The topological polar surface area (TPSA) is 83.7 Å². The van der Waals surface area contributed by atoms with E-state index in [2.05, 4.69) is 0 Å². The first-order valence-electron chi connectivity index (χ1n) is 9.58. The summed E-state index contributed by atoms with van der Waals surface area (Å²) in [5, 5.41) is 0. The monoisotopic (exact) mass is 415 g/mol. The number of rotatable bonds is 4. The third kappa shape index (κ3) is 4.65. The van der Waals surface area contributed by atoms with E-state index in [4.69, 9.17) is 5.73 Å². The maximum absolute atomic E-state index is 12.9. The number of carbonyl (C=O) groups excluding carboxylic acids is 1. The van der Waals surface area contributed by atoms with Gasteiger partial charge in [-0.3, -0.25) is 4.79 Å². The number of piperidine rings is 2. The Hall–Kier alpha value is -1.15. The van der Waals surface area contributed by atoms with Gasteiger partial charge >= 0.3 is 0 Å². The molecule has 0 aromatic heterocycles. The van der Waals surface area contributed by atoms with Crippen molar-refractivity contribution in [2.24, 2.45) is 5.73 Å². The molecule has 0 bridgehead atoms. The van der Waals surface area contributed by atoms with Gasteiger partial charge in [-0.05, 0) is 63.3 Å². The third-order valence-corrected chi connectivity index (χ3v) is 7.64. The lowest BCUT2D eigenvalue weighted by Crippen LogP contribution is -2.47. The minimum absolute atomic E-state index is 0. The predicted octanol–water partition coefficient (Wildman–Crippen LogP) is 2.62. The molecule has 0 saturated carbocycles. The van der Waals surface area contributed by atoms with E-state index in [9.17, 15) is 13.2 Å². The molecule has 2 atom stereocenters. The van der Waals surface area contributed by atoms with E-state index in [1.165, 1.54) is 0 Å². The molecule has 6 nitrogen and oxygen atoms in total. The van der Waals surface area contributed by atoms with Crippen molar-refractivity contribution < 1.29 is 13.2 Å². The molecule has 152 valence electrons. The highest BCUT2D eigenvalue weighted by Crippen LogP contribution is 2.26. The molecule has 2 saturated heterocycles. The summed E-state index contributed by atoms with van der Waals surface area (Å²) in [5.74, 6) is -0.0598. The van der Waals surface area contributed by atoms with E-state index in [0.29, 0.717) is 25.2 Å². The Labute approximate surface area is 168 Å². The highest BCUT2D eigenvalue weighted by molar-refractivity contribution is 7.89. The molecule has 0 aliphatic carbocycles. The summed E-state index contributed by atoms with van der Waals surface area (Å²) in [4.78, 5) is 14.9. The van der Waals surface area contributed by atoms with Crippen LogP contribution in [-0.4, -0.2) is 55.2 Å². The third-order valence-electron chi connectivity index (χ3n) is 5.61. The Kier molecular flexibility index (Phi) is 7.68. The zero-order chi connectivity index (χ0) is 18.7. The number of sulfonamides is 1. The van der Waals surface area contributed by atoms with E-state index in [-0.39, 0.29) is 35.3 Å². The van der Waals surface area contributed by atoms with Crippen molar-refractivity contribution in [1.82, 2.24) is 9.21 Å². The largest absolute Gasteiger partial charge is 0.334 e. The Morgan fingerprint density at radius 1 is 1.07 bits per heavy atom. The van der Waals surface area contributed by atoms with Gasteiger partial charge in [-0.2, -0.15) is 4.31 Å². The molecule has 0 radical (unpaired) electrons. The smallest absolute Gasteiger partial charge is 0.254 e. The number of nitrogens with zero attached hydrogens (tertiary/aromatic N) is 2. The van der Waals surface area contributed by atoms with Gasteiger partial charge in [0.1, 0.15) is 0 Å². The molecule has 1 aromatic carbocycles. The van der Waals surface area contributed by atoms with Crippen molar-refractivity contribution in [2.45, 2.75) is 62.4 Å². The fraction of sp³-hybridized carbons (Fsp3) is 0.632. The van der Waals surface area contributed by atoms with Gasteiger partial charge in [0.15, 0.2) is 0 Å². The highest BCUT2D eigenvalue weighted by Gasteiger charge is 2.31. The van der Waals surface area contributed by atoms with Crippen LogP contribution in [-0.2, 0) is 10.0 Å². The van der Waals surface area contributed by atoms with Gasteiger partial charge in [0.25, 0.3) is 5.91 Å². The second kappa shape index (κ2) is 9.37. The molecule has 3 rings (SSSR count). The van der Waals surface area contributed by atoms with Gasteiger partial charge in [0.05, 0.1) is 4.90 Å². The summed E-state index contributed by atoms with van der Waals surface area (Å²) in [6.07, 6.45) is 5.87. The number of likely N-dealkylation sites (tertiary alicyclic amines) is 1. The van der Waals surface area contributed by atoms with Crippen LogP contribution in [0.15, 0.2) is 29.2 Å². The van der Waals surface area contributed by atoms with Crippen LogP contribution in [0.4, 0.5) is 0 Å². The summed E-state index contributed by atoms with van der Waals surface area (Å²) < 4.78 is 27.4. The van der Waals surface area contributed by atoms with Crippen LogP contribution in [0.1, 0.15) is 55.8 Å². The number of carbonyl (C=O) groups is 1. The Bertz CT molecular complexity index is 739. The van der Waals surface area contributed by atoms with Crippen molar-refractivity contribution in [1.29, 1.82) is 0 Å². The van der Waals surface area contributed by atoms with Crippen LogP contribution in [0.5, 0.6) is 0 Å². The van der Waals surface area contributed by atoms with Gasteiger partial charge in [0, 0.05) is 37.3 Å². The Morgan fingerprint density at radius 2 is 1.70 bits per heavy atom. The van der Waals surface area contributed by atoms with E-state index < -0.39 is 10.0 Å². The average molecular weight is 416 g/mol. The first-order valence-corrected chi connectivity index (χ1v) is 11.0. The maximum Gasteiger partial charge on any atom is 0.254 e. The van der Waals surface area contributed by atoms with Gasteiger partial charge in [-0.25, -0.2) is 8.42 Å². The molecule has 2 aliphatic rings. The predicted molar refractivity (Wildman–Crippen MR) is 109 cm³/mol. The lowest BCUT2D eigenvalue weighted by molar-refractivity contribution is 0.0623. The first kappa shape index (κ1) is 22.1. The molecular formula is C19H30ClN3O3S. The molecule has 0 spiro atoms. The average Bonchev–Trinajstić information content (AvgIpc) is 2.67. The molecule has 8 heteroatoms. The maximum atomic E-state index is 12.9. The fourth-order valence-electron chi connectivity index (χ4n) is 4.01. The minimum Gasteiger partial charge on any atom is -0.334 e. The quantitative estimate of drug-likeness (QED) is 0.819. The summed E-state index contributed by atoms with van der Waals surface area (Å²) >= 11 is 0. The zero-order valence-corrected chi connectivity index (χ0v) is 17.5. The second-order valence-electron chi connectivity index (χ2n) is 7.37. The van der Waals surface area contributed by atoms with E-state index in [1.54, 1.807) is 28.6 Å². The van der Waals surface area contributed by atoms with Crippen molar-refractivity contribution in [3.8, 4) is 0 Å². The van der Waals surface area contributed by atoms with E-state index in [1.807, 2.05) is 11.8 Å². The molecule has 2 unspecified atom stereocenters. The summed E-state index contributed by atoms with van der Waals surface area (Å²) in [7, 11) is -3.51. The number of halogens is 1. The van der Waals surface area contributed by atoms with Crippen LogP contribution < -0.4 is 5.73 Å². The zero-order valence-electron chi connectivity index (χ0n) is 15.8. The van der Waals surface area contributed by atoms with Crippen LogP contribution in [0.25, 0.3) is 0 Å². The van der Waals surface area contributed by atoms with Crippen molar-refractivity contribution in [2.75, 3.05) is 19.6 Å². The first-order chi connectivity index (χ1) is 12.4. The molecule has 1 aromatic rings. The van der Waals surface area contributed by atoms with Gasteiger partial charge < -0.3 is 10.6 Å². The van der Waals surface area contributed by atoms with Crippen LogP contribution >= 0.6 is 12.4 Å². The number of benzene rings is 1. The number of nitrogens with two attached hydrogens (primary N) is 1. The Balaban J connectivity index is 0.00000261. The van der Waals surface area contributed by atoms with Crippen molar-refractivity contribution in [3.63, 3.8) is 0 Å². The number of amides is 1. The van der Waals surface area contributed by atoms with Crippen molar-refractivity contribution >= 4 is 28.3 Å². The normalized spacial score (nSPS) is 24.3. The van der Waals surface area contributed by atoms with Crippen LogP contribution in [0, 0.1) is 0 Å². The molecular weight excluding hydrogens is 386 g/mol.